The number of aromatic amines is 1. The first-order valence-electron chi connectivity index (χ1n) is 10.4. The lowest BCUT2D eigenvalue weighted by Crippen LogP contribution is -2.40. The van der Waals surface area contributed by atoms with Crippen LogP contribution in [0.3, 0.4) is 0 Å². The van der Waals surface area contributed by atoms with Gasteiger partial charge in [0, 0.05) is 10.9 Å². The Kier molecular flexibility index (Phi) is 6.73. The standard InChI is InChI=1S/C25H19N5O5/c31-22(16-6-2-1-3-7-16)27-21(20-18-8-4-5-9-19(18)23(32)30-28-20)24(33)29-26-14-15-10-12-17(13-11-15)25(34)35/h1-14,21H,(H,27,31)(H,29,33)(H,30,32)(H,34,35). The molecule has 1 heterocycles. The van der Waals surface area contributed by atoms with Gasteiger partial charge >= 0.3 is 5.97 Å². The molecule has 0 aliphatic rings. The van der Waals surface area contributed by atoms with E-state index in [4.69, 9.17) is 5.11 Å². The molecule has 10 heteroatoms. The van der Waals surface area contributed by atoms with Crippen LogP contribution >= 0.6 is 0 Å². The molecule has 4 aromatic rings. The fraction of sp³-hybridized carbons (Fsp3) is 0.0400. The van der Waals surface area contributed by atoms with E-state index in [2.05, 4.69) is 26.0 Å². The number of hydrazone groups is 1. The first-order chi connectivity index (χ1) is 16.9. The number of carboxylic acid groups (broad SMARTS) is 1. The van der Waals surface area contributed by atoms with Crippen molar-refractivity contribution in [3.05, 3.63) is 112 Å². The third kappa shape index (κ3) is 5.28. The van der Waals surface area contributed by atoms with Crippen LogP contribution < -0.4 is 16.3 Å². The van der Waals surface area contributed by atoms with Crippen LogP contribution in [0.5, 0.6) is 0 Å². The Morgan fingerprint density at radius 2 is 1.54 bits per heavy atom. The van der Waals surface area contributed by atoms with Gasteiger partial charge in [-0.2, -0.15) is 10.2 Å². The van der Waals surface area contributed by atoms with Crippen molar-refractivity contribution in [2.75, 3.05) is 0 Å². The highest BCUT2D eigenvalue weighted by molar-refractivity contribution is 5.99. The van der Waals surface area contributed by atoms with Crippen LogP contribution in [0.2, 0.25) is 0 Å². The third-order valence-corrected chi connectivity index (χ3v) is 5.12. The van der Waals surface area contributed by atoms with E-state index in [0.717, 1.165) is 0 Å². The van der Waals surface area contributed by atoms with Gasteiger partial charge in [0.2, 0.25) is 0 Å². The Hall–Kier alpha value is -5.12. The zero-order chi connectivity index (χ0) is 24.8. The molecule has 4 N–H and O–H groups in total. The molecule has 3 aromatic carbocycles. The van der Waals surface area contributed by atoms with E-state index in [0.29, 0.717) is 21.9 Å². The zero-order valence-corrected chi connectivity index (χ0v) is 18.1. The summed E-state index contributed by atoms with van der Waals surface area (Å²) in [6.45, 7) is 0. The molecule has 0 saturated heterocycles. The van der Waals surface area contributed by atoms with Gasteiger partial charge in [0.25, 0.3) is 17.4 Å². The van der Waals surface area contributed by atoms with E-state index in [1.54, 1.807) is 54.6 Å². The molecule has 174 valence electrons. The molecule has 2 amide bonds. The van der Waals surface area contributed by atoms with Crippen LogP contribution in [0.4, 0.5) is 0 Å². The third-order valence-electron chi connectivity index (χ3n) is 5.12. The van der Waals surface area contributed by atoms with Gasteiger partial charge in [-0.15, -0.1) is 0 Å². The molecule has 0 radical (unpaired) electrons. The first kappa shape index (κ1) is 23.1. The van der Waals surface area contributed by atoms with Crippen molar-refractivity contribution in [3.8, 4) is 0 Å². The van der Waals surface area contributed by atoms with Crippen molar-refractivity contribution in [1.82, 2.24) is 20.9 Å². The number of rotatable bonds is 7. The number of fused-ring (bicyclic) bond motifs is 1. The molecule has 0 aliphatic heterocycles. The van der Waals surface area contributed by atoms with Gasteiger partial charge in [-0.3, -0.25) is 14.4 Å². The van der Waals surface area contributed by atoms with Gasteiger partial charge in [0.1, 0.15) is 5.69 Å². The lowest BCUT2D eigenvalue weighted by atomic mass is 10.0. The Balaban J connectivity index is 1.63. The molecule has 10 nitrogen and oxygen atoms in total. The van der Waals surface area contributed by atoms with Crippen LogP contribution in [0.25, 0.3) is 10.8 Å². The summed E-state index contributed by atoms with van der Waals surface area (Å²) in [5.41, 5.74) is 3.08. The van der Waals surface area contributed by atoms with Crippen molar-refractivity contribution < 1.29 is 19.5 Å². The normalized spacial score (nSPS) is 11.8. The number of aromatic carboxylic acids is 1. The monoisotopic (exact) mass is 469 g/mol. The molecular weight excluding hydrogens is 450 g/mol. The van der Waals surface area contributed by atoms with E-state index in [1.807, 2.05) is 0 Å². The fourth-order valence-electron chi connectivity index (χ4n) is 3.36. The van der Waals surface area contributed by atoms with Crippen molar-refractivity contribution in [3.63, 3.8) is 0 Å². The minimum Gasteiger partial charge on any atom is -0.478 e. The van der Waals surface area contributed by atoms with Gasteiger partial charge in [-0.1, -0.05) is 48.5 Å². The Morgan fingerprint density at radius 3 is 2.23 bits per heavy atom. The smallest absolute Gasteiger partial charge is 0.335 e. The maximum absolute atomic E-state index is 13.1. The molecule has 4 rings (SSSR count). The minimum atomic E-state index is -1.28. The van der Waals surface area contributed by atoms with Gasteiger partial charge in [0.05, 0.1) is 17.2 Å². The van der Waals surface area contributed by atoms with Gasteiger partial charge in [0.15, 0.2) is 6.04 Å². The maximum atomic E-state index is 13.1. The van der Waals surface area contributed by atoms with Gasteiger partial charge in [-0.05, 0) is 35.9 Å². The number of H-pyrrole nitrogens is 1. The average Bonchev–Trinajstić information content (AvgIpc) is 2.88. The molecular formula is C25H19N5O5. The number of hydrogen-bond donors (Lipinski definition) is 4. The lowest BCUT2D eigenvalue weighted by molar-refractivity contribution is -0.123. The summed E-state index contributed by atoms with van der Waals surface area (Å²) in [7, 11) is 0. The van der Waals surface area contributed by atoms with E-state index in [1.165, 1.54) is 30.5 Å². The zero-order valence-electron chi connectivity index (χ0n) is 18.1. The number of carboxylic acids is 1. The second-order valence-electron chi connectivity index (χ2n) is 7.42. The summed E-state index contributed by atoms with van der Waals surface area (Å²) in [4.78, 5) is 49.1. The van der Waals surface area contributed by atoms with Crippen LogP contribution in [0.15, 0.2) is 88.8 Å². The molecule has 1 atom stereocenters. The van der Waals surface area contributed by atoms with Crippen LogP contribution in [0.1, 0.15) is 38.0 Å². The molecule has 1 unspecified atom stereocenters. The van der Waals surface area contributed by atoms with Crippen molar-refractivity contribution in [2.45, 2.75) is 6.04 Å². The highest BCUT2D eigenvalue weighted by Gasteiger charge is 2.27. The quantitative estimate of drug-likeness (QED) is 0.240. The molecule has 0 fully saturated rings. The van der Waals surface area contributed by atoms with Gasteiger partial charge < -0.3 is 10.4 Å². The number of carbonyl (C=O) groups is 3. The minimum absolute atomic E-state index is 0.117. The van der Waals surface area contributed by atoms with E-state index in [9.17, 15) is 19.2 Å². The second kappa shape index (κ2) is 10.2. The molecule has 0 saturated carbocycles. The summed E-state index contributed by atoms with van der Waals surface area (Å²) < 4.78 is 0. The maximum Gasteiger partial charge on any atom is 0.335 e. The number of nitrogens with one attached hydrogen (secondary N) is 3. The molecule has 1 aromatic heterocycles. The highest BCUT2D eigenvalue weighted by Crippen LogP contribution is 2.20. The summed E-state index contributed by atoms with van der Waals surface area (Å²) in [5, 5.41) is 22.7. The number of benzene rings is 3. The first-order valence-corrected chi connectivity index (χ1v) is 10.4. The molecule has 0 spiro atoms. The summed E-state index contributed by atoms with van der Waals surface area (Å²) in [6.07, 6.45) is 1.33. The predicted molar refractivity (Wildman–Crippen MR) is 128 cm³/mol. The second-order valence-corrected chi connectivity index (χ2v) is 7.42. The van der Waals surface area contributed by atoms with Crippen LogP contribution in [0, 0.1) is 0 Å². The largest absolute Gasteiger partial charge is 0.478 e. The van der Waals surface area contributed by atoms with Crippen molar-refractivity contribution in [1.29, 1.82) is 0 Å². The fourth-order valence-corrected chi connectivity index (χ4v) is 3.36. The Labute approximate surface area is 198 Å². The summed E-state index contributed by atoms with van der Waals surface area (Å²) in [6, 6.07) is 19.5. The average molecular weight is 469 g/mol. The van der Waals surface area contributed by atoms with Crippen molar-refractivity contribution in [2.24, 2.45) is 5.10 Å². The van der Waals surface area contributed by atoms with Crippen molar-refractivity contribution >= 4 is 34.8 Å². The summed E-state index contributed by atoms with van der Waals surface area (Å²) in [5.74, 6) is -2.27. The topological polar surface area (TPSA) is 154 Å². The molecule has 0 bridgehead atoms. The predicted octanol–water partition coefficient (Wildman–Crippen LogP) is 2.24. The highest BCUT2D eigenvalue weighted by atomic mass is 16.4. The number of nitrogens with zero attached hydrogens (tertiary/aromatic N) is 2. The van der Waals surface area contributed by atoms with Gasteiger partial charge in [-0.25, -0.2) is 15.3 Å². The molecule has 35 heavy (non-hydrogen) atoms. The van der Waals surface area contributed by atoms with E-state index < -0.39 is 29.4 Å². The van der Waals surface area contributed by atoms with Crippen LogP contribution in [-0.4, -0.2) is 39.3 Å². The Bertz CT molecular complexity index is 1480. The molecule has 0 aliphatic carbocycles. The lowest BCUT2D eigenvalue weighted by Gasteiger charge is -2.18. The van der Waals surface area contributed by atoms with Crippen LogP contribution in [-0.2, 0) is 4.79 Å². The Morgan fingerprint density at radius 1 is 0.886 bits per heavy atom. The number of carbonyl (C=O) groups excluding carboxylic acids is 2. The summed E-state index contributed by atoms with van der Waals surface area (Å²) >= 11 is 0. The van der Waals surface area contributed by atoms with E-state index >= 15 is 0 Å². The number of amides is 2. The van der Waals surface area contributed by atoms with E-state index in [-0.39, 0.29) is 11.3 Å². The number of hydrogen-bond acceptors (Lipinski definition) is 6. The number of aromatic nitrogens is 2. The SMILES string of the molecule is O=C(O)c1ccc(C=NNC(=O)C(NC(=O)c2ccccc2)c2n[nH]c(=O)c3ccccc23)cc1.